The molecule has 0 aromatic carbocycles. The minimum absolute atomic E-state index is 0.0251. The van der Waals surface area contributed by atoms with Crippen LogP contribution in [0.5, 0.6) is 0 Å². The minimum atomic E-state index is -4.36. The van der Waals surface area contributed by atoms with E-state index in [1.807, 2.05) is 0 Å². The van der Waals surface area contributed by atoms with Crippen molar-refractivity contribution >= 4 is 19.8 Å². The predicted molar refractivity (Wildman–Crippen MR) is 234 cm³/mol. The third-order valence-electron chi connectivity index (χ3n) is 9.12. The largest absolute Gasteiger partial charge is 0.472 e. The van der Waals surface area contributed by atoms with E-state index < -0.39 is 26.5 Å². The van der Waals surface area contributed by atoms with E-state index in [0.717, 1.165) is 83.5 Å². The summed E-state index contributed by atoms with van der Waals surface area (Å²) >= 11 is 0. The van der Waals surface area contributed by atoms with Crippen molar-refractivity contribution in [2.45, 2.75) is 187 Å². The van der Waals surface area contributed by atoms with Crippen LogP contribution in [0.2, 0.25) is 0 Å². The molecular formula is C46H82NO8P. The Morgan fingerprint density at radius 1 is 0.571 bits per heavy atom. The summed E-state index contributed by atoms with van der Waals surface area (Å²) in [6, 6.07) is 0. The smallest absolute Gasteiger partial charge is 0.462 e. The minimum Gasteiger partial charge on any atom is -0.462 e. The molecule has 0 radical (unpaired) electrons. The number of nitrogens with one attached hydrogen (secondary N) is 1. The number of ether oxygens (including phenoxy) is 2. The fourth-order valence-corrected chi connectivity index (χ4v) is 6.52. The Labute approximate surface area is 342 Å². The quantitative estimate of drug-likeness (QED) is 0.0269. The molecule has 0 fully saturated rings. The highest BCUT2D eigenvalue weighted by atomic mass is 31.2. The third-order valence-corrected chi connectivity index (χ3v) is 10.1. The fourth-order valence-electron chi connectivity index (χ4n) is 5.77. The van der Waals surface area contributed by atoms with E-state index in [1.54, 1.807) is 7.05 Å². The molecular weight excluding hydrogens is 725 g/mol. The highest BCUT2D eigenvalue weighted by molar-refractivity contribution is 7.47. The number of phosphoric acid groups is 1. The summed E-state index contributed by atoms with van der Waals surface area (Å²) in [6.07, 6.45) is 48.3. The third kappa shape index (κ3) is 41.3. The number of esters is 2. The van der Waals surface area contributed by atoms with Gasteiger partial charge in [-0.15, -0.1) is 0 Å². The van der Waals surface area contributed by atoms with Gasteiger partial charge in [-0.2, -0.15) is 0 Å². The maximum absolute atomic E-state index is 12.6. The molecule has 0 aromatic heterocycles. The SMILES string of the molecule is CC/C=C\C/C=C\C/C=C\C/C=C\CCCCCCC(=O)OC(COC(=O)CCCCCCCCC/C=C\CCCCCCCC)COP(=O)(O)OCCNC. The van der Waals surface area contributed by atoms with Crippen LogP contribution in [0.15, 0.2) is 60.8 Å². The van der Waals surface area contributed by atoms with Crippen LogP contribution in [-0.2, 0) is 32.7 Å². The summed E-state index contributed by atoms with van der Waals surface area (Å²) in [6.45, 7) is 4.07. The first-order valence-corrected chi connectivity index (χ1v) is 23.7. The summed E-state index contributed by atoms with van der Waals surface area (Å²) in [4.78, 5) is 35.1. The van der Waals surface area contributed by atoms with Gasteiger partial charge >= 0.3 is 19.8 Å². The zero-order valence-electron chi connectivity index (χ0n) is 35.8. The van der Waals surface area contributed by atoms with Crippen LogP contribution >= 0.6 is 7.82 Å². The lowest BCUT2D eigenvalue weighted by Crippen LogP contribution is -2.29. The second kappa shape index (κ2) is 42.3. The maximum Gasteiger partial charge on any atom is 0.472 e. The van der Waals surface area contributed by atoms with Crippen molar-refractivity contribution in [1.29, 1.82) is 0 Å². The van der Waals surface area contributed by atoms with Gasteiger partial charge in [0.25, 0.3) is 0 Å². The van der Waals surface area contributed by atoms with Crippen LogP contribution in [0.25, 0.3) is 0 Å². The van der Waals surface area contributed by atoms with Crippen LogP contribution in [0, 0.1) is 0 Å². The zero-order chi connectivity index (χ0) is 41.1. The van der Waals surface area contributed by atoms with E-state index in [-0.39, 0.29) is 32.0 Å². The molecule has 0 heterocycles. The molecule has 56 heavy (non-hydrogen) atoms. The van der Waals surface area contributed by atoms with E-state index in [2.05, 4.69) is 79.9 Å². The molecule has 0 spiro atoms. The summed E-state index contributed by atoms with van der Waals surface area (Å²) in [5.74, 6) is -0.842. The summed E-state index contributed by atoms with van der Waals surface area (Å²) in [5, 5.41) is 2.82. The Morgan fingerprint density at radius 2 is 1.02 bits per heavy atom. The topological polar surface area (TPSA) is 120 Å². The first-order chi connectivity index (χ1) is 27.3. The molecule has 0 saturated carbocycles. The van der Waals surface area contributed by atoms with Gasteiger partial charge in [0.15, 0.2) is 6.10 Å². The average molecular weight is 808 g/mol. The average Bonchev–Trinajstić information content (AvgIpc) is 3.18. The lowest BCUT2D eigenvalue weighted by molar-refractivity contribution is -0.161. The monoisotopic (exact) mass is 808 g/mol. The fraction of sp³-hybridized carbons (Fsp3) is 0.739. The molecule has 2 N–H and O–H groups in total. The number of allylic oxidation sites excluding steroid dienone is 10. The Morgan fingerprint density at radius 3 is 1.54 bits per heavy atom. The highest BCUT2D eigenvalue weighted by Crippen LogP contribution is 2.43. The number of rotatable bonds is 41. The number of likely N-dealkylation sites (N-methyl/N-ethyl adjacent to an activating group) is 1. The molecule has 0 amide bonds. The first-order valence-electron chi connectivity index (χ1n) is 22.2. The standard InChI is InChI=1S/C46H82NO8P/c1-4-6-8-10-12-14-16-18-20-22-24-26-28-30-32-34-36-38-45(48)52-42-44(43-54-56(50,51)53-41-40-47-3)55-46(49)39-37-35-33-31-29-27-25-23-21-19-17-15-13-11-9-7-5-2/h7,9,13,15,18-21,25,27,44,47H,4-6,8,10-12,14,16-17,22-24,26,28-43H2,1-3H3,(H,50,51)/b9-7-,15-13-,20-18-,21-19-,27-25-. The molecule has 0 aromatic rings. The molecule has 0 saturated heterocycles. The molecule has 324 valence electrons. The van der Waals surface area contributed by atoms with Gasteiger partial charge in [-0.25, -0.2) is 4.57 Å². The van der Waals surface area contributed by atoms with Crippen molar-refractivity contribution in [2.24, 2.45) is 0 Å². The van der Waals surface area contributed by atoms with Gasteiger partial charge in [0.1, 0.15) is 6.61 Å². The van der Waals surface area contributed by atoms with Gasteiger partial charge in [-0.1, -0.05) is 152 Å². The maximum atomic E-state index is 12.6. The van der Waals surface area contributed by atoms with E-state index in [4.69, 9.17) is 18.5 Å². The van der Waals surface area contributed by atoms with Crippen LogP contribution in [0.4, 0.5) is 0 Å². The van der Waals surface area contributed by atoms with E-state index >= 15 is 0 Å². The van der Waals surface area contributed by atoms with Crippen LogP contribution in [-0.4, -0.2) is 56.3 Å². The van der Waals surface area contributed by atoms with Crippen LogP contribution < -0.4 is 5.32 Å². The van der Waals surface area contributed by atoms with Crippen molar-refractivity contribution in [3.63, 3.8) is 0 Å². The van der Waals surface area contributed by atoms with Crippen LogP contribution in [0.1, 0.15) is 181 Å². The van der Waals surface area contributed by atoms with Crippen molar-refractivity contribution < 1.29 is 37.6 Å². The number of unbranched alkanes of at least 4 members (excludes halogenated alkanes) is 17. The first kappa shape index (κ1) is 53.7. The van der Waals surface area contributed by atoms with Gasteiger partial charge < -0.3 is 19.7 Å². The van der Waals surface area contributed by atoms with Gasteiger partial charge in [0, 0.05) is 19.4 Å². The number of carbonyl (C=O) groups is 2. The van der Waals surface area contributed by atoms with Crippen molar-refractivity contribution in [2.75, 3.05) is 33.4 Å². The molecule has 10 heteroatoms. The Kier molecular flexibility index (Phi) is 40.6. The number of carbonyl (C=O) groups excluding carboxylic acids is 2. The van der Waals surface area contributed by atoms with Gasteiger partial charge in [-0.3, -0.25) is 18.6 Å². The Hall–Kier alpha value is -2.29. The van der Waals surface area contributed by atoms with Crippen LogP contribution in [0.3, 0.4) is 0 Å². The van der Waals surface area contributed by atoms with Gasteiger partial charge in [0.2, 0.25) is 0 Å². The van der Waals surface area contributed by atoms with Crippen molar-refractivity contribution in [3.05, 3.63) is 60.8 Å². The second-order valence-electron chi connectivity index (χ2n) is 14.5. The molecule has 2 atom stereocenters. The number of hydrogen-bond acceptors (Lipinski definition) is 8. The molecule has 9 nitrogen and oxygen atoms in total. The highest BCUT2D eigenvalue weighted by Gasteiger charge is 2.26. The number of phosphoric ester groups is 1. The molecule has 0 aliphatic carbocycles. The van der Waals surface area contributed by atoms with Gasteiger partial charge in [-0.05, 0) is 84.1 Å². The van der Waals surface area contributed by atoms with Crippen molar-refractivity contribution in [1.82, 2.24) is 5.32 Å². The van der Waals surface area contributed by atoms with Crippen molar-refractivity contribution in [3.8, 4) is 0 Å². The molecule has 2 unspecified atom stereocenters. The van der Waals surface area contributed by atoms with Gasteiger partial charge in [0.05, 0.1) is 13.2 Å². The van der Waals surface area contributed by atoms with E-state index in [0.29, 0.717) is 13.0 Å². The van der Waals surface area contributed by atoms with E-state index in [1.165, 1.54) is 64.2 Å². The molecule has 0 rings (SSSR count). The Bertz CT molecular complexity index is 1100. The Balaban J connectivity index is 4.26. The predicted octanol–water partition coefficient (Wildman–Crippen LogP) is 12.8. The lowest BCUT2D eigenvalue weighted by atomic mass is 10.1. The summed E-state index contributed by atoms with van der Waals surface area (Å²) in [7, 11) is -2.66. The molecule has 0 bridgehead atoms. The second-order valence-corrected chi connectivity index (χ2v) is 15.9. The zero-order valence-corrected chi connectivity index (χ0v) is 36.7. The number of hydrogen-bond donors (Lipinski definition) is 2. The summed E-state index contributed by atoms with van der Waals surface area (Å²) in [5.41, 5.74) is 0. The lowest BCUT2D eigenvalue weighted by Gasteiger charge is -2.20. The summed E-state index contributed by atoms with van der Waals surface area (Å²) < 4.78 is 33.2. The molecule has 0 aliphatic rings. The normalized spacial score (nSPS) is 13.9. The van der Waals surface area contributed by atoms with E-state index in [9.17, 15) is 19.0 Å². The molecule has 0 aliphatic heterocycles.